The molecule has 0 radical (unpaired) electrons. The average molecular weight is 326 g/mol. The number of rotatable bonds is 5. The summed E-state index contributed by atoms with van der Waals surface area (Å²) in [5, 5.41) is 6.89. The highest BCUT2D eigenvalue weighted by atomic mass is 32.2. The normalized spacial score (nSPS) is 16.7. The van der Waals surface area contributed by atoms with Crippen molar-refractivity contribution in [1.82, 2.24) is 0 Å². The Hall–Kier alpha value is -2.27. The Balaban J connectivity index is 1.67. The molecule has 0 aliphatic carbocycles. The maximum atomic E-state index is 12.3. The van der Waals surface area contributed by atoms with Gasteiger partial charge in [-0.05, 0) is 31.2 Å². The number of carbonyl (C=O) groups excluding carboxylic acids is 1. The fraction of sp³-hybridized carbons (Fsp3) is 0.222. The SMILES string of the molecule is CC1C[N+](CC(=O)Nc2ccccc2Nc2ccccc2)=CS1. The maximum Gasteiger partial charge on any atom is 0.289 e. The largest absolute Gasteiger partial charge is 0.354 e. The molecule has 5 heteroatoms. The molecule has 1 heterocycles. The number of para-hydroxylation sites is 3. The zero-order chi connectivity index (χ0) is 16.1. The molecule has 0 saturated heterocycles. The van der Waals surface area contributed by atoms with Crippen LogP contribution in [-0.2, 0) is 4.79 Å². The Labute approximate surface area is 140 Å². The lowest BCUT2D eigenvalue weighted by Gasteiger charge is -2.12. The summed E-state index contributed by atoms with van der Waals surface area (Å²) in [6, 6.07) is 17.7. The van der Waals surface area contributed by atoms with Crippen LogP contribution in [0.5, 0.6) is 0 Å². The fourth-order valence-electron chi connectivity index (χ4n) is 2.46. The van der Waals surface area contributed by atoms with E-state index in [9.17, 15) is 4.79 Å². The third-order valence-electron chi connectivity index (χ3n) is 3.53. The van der Waals surface area contributed by atoms with Gasteiger partial charge in [0, 0.05) is 5.69 Å². The van der Waals surface area contributed by atoms with Gasteiger partial charge >= 0.3 is 0 Å². The minimum Gasteiger partial charge on any atom is -0.354 e. The van der Waals surface area contributed by atoms with Crippen LogP contribution in [0.3, 0.4) is 0 Å². The first-order valence-corrected chi connectivity index (χ1v) is 8.59. The minimum atomic E-state index is -0.00161. The Morgan fingerprint density at radius 1 is 1.13 bits per heavy atom. The van der Waals surface area contributed by atoms with Gasteiger partial charge in [-0.15, -0.1) is 0 Å². The quantitative estimate of drug-likeness (QED) is 0.826. The summed E-state index contributed by atoms with van der Waals surface area (Å²) >= 11 is 1.77. The van der Waals surface area contributed by atoms with Gasteiger partial charge in [0.25, 0.3) is 5.91 Å². The molecule has 2 aromatic carbocycles. The van der Waals surface area contributed by atoms with Gasteiger partial charge in [0.2, 0.25) is 6.54 Å². The smallest absolute Gasteiger partial charge is 0.289 e. The number of nitrogens with zero attached hydrogens (tertiary/aromatic N) is 1. The van der Waals surface area contributed by atoms with E-state index in [1.54, 1.807) is 11.8 Å². The predicted octanol–water partition coefficient (Wildman–Crippen LogP) is 3.54. The molecule has 1 amide bonds. The molecule has 0 aromatic heterocycles. The van der Waals surface area contributed by atoms with Crippen LogP contribution < -0.4 is 10.6 Å². The third kappa shape index (κ3) is 4.36. The minimum absolute atomic E-state index is 0.00161. The van der Waals surface area contributed by atoms with Gasteiger partial charge in [-0.2, -0.15) is 0 Å². The molecule has 0 bridgehead atoms. The first-order valence-electron chi connectivity index (χ1n) is 7.64. The number of benzene rings is 2. The molecular weight excluding hydrogens is 306 g/mol. The highest BCUT2D eigenvalue weighted by Gasteiger charge is 2.22. The van der Waals surface area contributed by atoms with Crippen LogP contribution in [0.15, 0.2) is 54.6 Å². The van der Waals surface area contributed by atoms with Crippen molar-refractivity contribution in [2.45, 2.75) is 12.2 Å². The van der Waals surface area contributed by atoms with Crippen molar-refractivity contribution in [3.8, 4) is 0 Å². The van der Waals surface area contributed by atoms with Crippen molar-refractivity contribution >= 4 is 40.3 Å². The van der Waals surface area contributed by atoms with E-state index < -0.39 is 0 Å². The number of hydrogen-bond acceptors (Lipinski definition) is 3. The van der Waals surface area contributed by atoms with Crippen LogP contribution in [0.1, 0.15) is 6.92 Å². The van der Waals surface area contributed by atoms with Crippen LogP contribution in [0.25, 0.3) is 0 Å². The summed E-state index contributed by atoms with van der Waals surface area (Å²) in [6.07, 6.45) is 0. The standard InChI is InChI=1S/C18H19N3OS/c1-14-11-21(13-23-14)12-18(22)20-17-10-6-5-9-16(17)19-15-7-3-2-4-8-15/h2-10,13-14,19H,11-12H2,1H3/p+1. The first-order chi connectivity index (χ1) is 11.2. The molecule has 1 unspecified atom stereocenters. The maximum absolute atomic E-state index is 12.3. The molecule has 3 rings (SSSR count). The van der Waals surface area contributed by atoms with Gasteiger partial charge in [0.05, 0.1) is 16.6 Å². The molecule has 4 nitrogen and oxygen atoms in total. The summed E-state index contributed by atoms with van der Waals surface area (Å²) < 4.78 is 2.05. The molecule has 2 N–H and O–H groups in total. The lowest BCUT2D eigenvalue weighted by atomic mass is 10.2. The number of carbonyl (C=O) groups is 1. The van der Waals surface area contributed by atoms with E-state index >= 15 is 0 Å². The molecule has 23 heavy (non-hydrogen) atoms. The van der Waals surface area contributed by atoms with E-state index in [0.717, 1.165) is 23.6 Å². The topological polar surface area (TPSA) is 44.1 Å². The molecule has 2 aromatic rings. The second-order valence-electron chi connectivity index (χ2n) is 5.57. The van der Waals surface area contributed by atoms with Crippen molar-refractivity contribution in [3.05, 3.63) is 54.6 Å². The highest BCUT2D eigenvalue weighted by Crippen LogP contribution is 2.25. The molecule has 118 valence electrons. The number of hydrogen-bond donors (Lipinski definition) is 2. The number of amides is 1. The monoisotopic (exact) mass is 326 g/mol. The Kier molecular flexibility index (Phi) is 4.98. The van der Waals surface area contributed by atoms with Gasteiger partial charge in [-0.1, -0.05) is 42.1 Å². The van der Waals surface area contributed by atoms with Gasteiger partial charge in [-0.25, -0.2) is 4.58 Å². The lowest BCUT2D eigenvalue weighted by molar-refractivity contribution is -0.504. The number of anilines is 3. The van der Waals surface area contributed by atoms with Gasteiger partial charge < -0.3 is 10.6 Å². The molecule has 1 atom stereocenters. The molecule has 1 aliphatic rings. The average Bonchev–Trinajstić information content (AvgIpc) is 2.95. The van der Waals surface area contributed by atoms with Crippen molar-refractivity contribution in [2.24, 2.45) is 0 Å². The Bertz CT molecular complexity index is 715. The van der Waals surface area contributed by atoms with Crippen molar-refractivity contribution in [3.63, 3.8) is 0 Å². The van der Waals surface area contributed by atoms with Crippen LogP contribution in [0.2, 0.25) is 0 Å². The molecule has 0 saturated carbocycles. The summed E-state index contributed by atoms with van der Waals surface area (Å²) in [5.74, 6) is -0.00161. The van der Waals surface area contributed by atoms with Crippen molar-refractivity contribution in [1.29, 1.82) is 0 Å². The zero-order valence-electron chi connectivity index (χ0n) is 13.0. The Morgan fingerprint density at radius 2 is 1.83 bits per heavy atom. The summed E-state index contributed by atoms with van der Waals surface area (Å²) in [5.41, 5.74) is 4.71. The summed E-state index contributed by atoms with van der Waals surface area (Å²) in [4.78, 5) is 12.3. The lowest BCUT2D eigenvalue weighted by Crippen LogP contribution is -2.27. The highest BCUT2D eigenvalue weighted by molar-refractivity contribution is 8.12. The zero-order valence-corrected chi connectivity index (χ0v) is 13.8. The van der Waals surface area contributed by atoms with Gasteiger partial charge in [-0.3, -0.25) is 4.79 Å². The van der Waals surface area contributed by atoms with Crippen LogP contribution in [-0.4, -0.2) is 34.4 Å². The van der Waals surface area contributed by atoms with Crippen molar-refractivity contribution in [2.75, 3.05) is 23.7 Å². The van der Waals surface area contributed by atoms with E-state index in [2.05, 4.69) is 22.1 Å². The van der Waals surface area contributed by atoms with Crippen molar-refractivity contribution < 1.29 is 9.37 Å². The van der Waals surface area contributed by atoms with E-state index in [1.807, 2.05) is 60.1 Å². The number of nitrogens with one attached hydrogen (secondary N) is 2. The third-order valence-corrected chi connectivity index (χ3v) is 4.57. The molecule has 1 aliphatic heterocycles. The second kappa shape index (κ2) is 7.33. The second-order valence-corrected chi connectivity index (χ2v) is 6.85. The van der Waals surface area contributed by atoms with Crippen LogP contribution >= 0.6 is 11.8 Å². The Morgan fingerprint density at radius 3 is 2.52 bits per heavy atom. The first kappa shape index (κ1) is 15.6. The van der Waals surface area contributed by atoms with Crippen LogP contribution in [0.4, 0.5) is 17.1 Å². The van der Waals surface area contributed by atoms with E-state index in [4.69, 9.17) is 0 Å². The van der Waals surface area contributed by atoms with E-state index in [1.165, 1.54) is 0 Å². The predicted molar refractivity (Wildman–Crippen MR) is 97.9 cm³/mol. The fourth-order valence-corrected chi connectivity index (χ4v) is 3.28. The van der Waals surface area contributed by atoms with E-state index in [-0.39, 0.29) is 5.91 Å². The summed E-state index contributed by atoms with van der Waals surface area (Å²) in [6.45, 7) is 3.47. The van der Waals surface area contributed by atoms with Gasteiger partial charge in [0.15, 0.2) is 12.1 Å². The molecular formula is C18H20N3OS+. The van der Waals surface area contributed by atoms with E-state index in [0.29, 0.717) is 11.8 Å². The molecule has 0 spiro atoms. The molecule has 0 fully saturated rings. The van der Waals surface area contributed by atoms with Crippen LogP contribution in [0, 0.1) is 0 Å². The van der Waals surface area contributed by atoms with Gasteiger partial charge in [0.1, 0.15) is 0 Å². The number of thioether (sulfide) groups is 1. The summed E-state index contributed by atoms with van der Waals surface area (Å²) in [7, 11) is 0.